The van der Waals surface area contributed by atoms with E-state index >= 15 is 0 Å². The molecule has 0 aromatic carbocycles. The van der Waals surface area contributed by atoms with Gasteiger partial charge in [0.15, 0.2) is 0 Å². The van der Waals surface area contributed by atoms with Gasteiger partial charge in [0.25, 0.3) is 0 Å². The second-order valence-corrected chi connectivity index (χ2v) is 6.10. The van der Waals surface area contributed by atoms with Crippen LogP contribution in [0.4, 0.5) is 0 Å². The van der Waals surface area contributed by atoms with E-state index in [1.807, 2.05) is 6.92 Å². The van der Waals surface area contributed by atoms with Gasteiger partial charge in [0, 0.05) is 32.8 Å². The quantitative estimate of drug-likeness (QED) is 0.659. The zero-order valence-corrected chi connectivity index (χ0v) is 13.4. The zero-order valence-electron chi connectivity index (χ0n) is 13.4. The highest BCUT2D eigenvalue weighted by Crippen LogP contribution is 2.09. The van der Waals surface area contributed by atoms with Crippen molar-refractivity contribution in [1.29, 1.82) is 0 Å². The summed E-state index contributed by atoms with van der Waals surface area (Å²) in [4.78, 5) is 14.4. The molecule has 0 spiro atoms. The number of amides is 1. The number of carbonyl (C=O) groups excluding carboxylic acids is 1. The van der Waals surface area contributed by atoms with Gasteiger partial charge in [-0.3, -0.25) is 9.69 Å². The van der Waals surface area contributed by atoms with Gasteiger partial charge in [-0.15, -0.1) is 0 Å². The number of nitrogens with zero attached hydrogens (tertiary/aromatic N) is 1. The minimum absolute atomic E-state index is 0.105. The Bertz CT molecular complexity index is 278. The van der Waals surface area contributed by atoms with Gasteiger partial charge in [-0.25, -0.2) is 0 Å². The number of hydrogen-bond acceptors (Lipinski definition) is 4. The highest BCUT2D eigenvalue weighted by molar-refractivity contribution is 5.81. The van der Waals surface area contributed by atoms with E-state index in [1.165, 1.54) is 12.8 Å². The molecule has 1 aliphatic rings. The van der Waals surface area contributed by atoms with Crippen LogP contribution in [0.3, 0.4) is 0 Å². The molecule has 0 radical (unpaired) electrons. The maximum Gasteiger partial charge on any atom is 0.237 e. The largest absolute Gasteiger partial charge is 0.383 e. The first kappa shape index (κ1) is 17.4. The summed E-state index contributed by atoms with van der Waals surface area (Å²) in [5.74, 6) is 0.600. The van der Waals surface area contributed by atoms with Gasteiger partial charge in [0.05, 0.1) is 12.6 Å². The number of carbonyl (C=O) groups is 1. The first-order valence-electron chi connectivity index (χ1n) is 7.78. The van der Waals surface area contributed by atoms with Crippen LogP contribution in [0, 0.1) is 5.92 Å². The van der Waals surface area contributed by atoms with Crippen molar-refractivity contribution in [3.05, 3.63) is 0 Å². The molecular formula is C15H31N3O2. The Morgan fingerprint density at radius 2 is 2.20 bits per heavy atom. The van der Waals surface area contributed by atoms with Gasteiger partial charge >= 0.3 is 0 Å². The lowest BCUT2D eigenvalue weighted by atomic mass is 10.1. The van der Waals surface area contributed by atoms with Gasteiger partial charge in [-0.2, -0.15) is 0 Å². The summed E-state index contributed by atoms with van der Waals surface area (Å²) in [6, 6.07) is 0.401. The molecule has 1 heterocycles. The third-order valence-electron chi connectivity index (χ3n) is 3.81. The average molecular weight is 285 g/mol. The highest BCUT2D eigenvalue weighted by atomic mass is 16.5. The predicted molar refractivity (Wildman–Crippen MR) is 81.8 cm³/mol. The fourth-order valence-electron chi connectivity index (χ4n) is 2.47. The van der Waals surface area contributed by atoms with E-state index in [0.717, 1.165) is 26.2 Å². The summed E-state index contributed by atoms with van der Waals surface area (Å²) in [5, 5.41) is 6.52. The molecule has 2 atom stereocenters. The molecule has 0 saturated carbocycles. The van der Waals surface area contributed by atoms with Crippen molar-refractivity contribution in [2.24, 2.45) is 5.92 Å². The molecule has 2 unspecified atom stereocenters. The Morgan fingerprint density at radius 1 is 1.45 bits per heavy atom. The zero-order chi connectivity index (χ0) is 15.0. The molecule has 0 aromatic heterocycles. The second kappa shape index (κ2) is 9.32. The topological polar surface area (TPSA) is 53.6 Å². The predicted octanol–water partition coefficient (Wildman–Crippen LogP) is 0.848. The lowest BCUT2D eigenvalue weighted by Crippen LogP contribution is -2.50. The lowest BCUT2D eigenvalue weighted by Gasteiger charge is -2.30. The third kappa shape index (κ3) is 6.20. The van der Waals surface area contributed by atoms with E-state index in [1.54, 1.807) is 7.11 Å². The van der Waals surface area contributed by atoms with Crippen molar-refractivity contribution in [1.82, 2.24) is 15.5 Å². The molecule has 1 saturated heterocycles. The summed E-state index contributed by atoms with van der Waals surface area (Å²) >= 11 is 0. The van der Waals surface area contributed by atoms with E-state index in [2.05, 4.69) is 29.4 Å². The normalized spacial score (nSPS) is 20.6. The second-order valence-electron chi connectivity index (χ2n) is 6.10. The number of hydrogen-bond donors (Lipinski definition) is 2. The Labute approximate surface area is 123 Å². The highest BCUT2D eigenvalue weighted by Gasteiger charge is 2.25. The Morgan fingerprint density at radius 3 is 2.75 bits per heavy atom. The van der Waals surface area contributed by atoms with Crippen LogP contribution in [-0.4, -0.2) is 62.8 Å². The Kier molecular flexibility index (Phi) is 8.11. The molecule has 1 rings (SSSR count). The molecule has 1 amide bonds. The molecule has 0 bridgehead atoms. The summed E-state index contributed by atoms with van der Waals surface area (Å²) in [7, 11) is 1.70. The summed E-state index contributed by atoms with van der Waals surface area (Å²) < 4.78 is 5.17. The minimum atomic E-state index is -0.105. The number of methoxy groups -OCH3 is 1. The van der Waals surface area contributed by atoms with Crippen LogP contribution >= 0.6 is 0 Å². The fraction of sp³-hybridized carbons (Fsp3) is 0.933. The third-order valence-corrected chi connectivity index (χ3v) is 3.81. The molecule has 1 aliphatic heterocycles. The van der Waals surface area contributed by atoms with Crippen LogP contribution < -0.4 is 10.6 Å². The Balaban J connectivity index is 2.48. The number of ether oxygens (including phenoxy) is 1. The van der Waals surface area contributed by atoms with Crippen molar-refractivity contribution < 1.29 is 9.53 Å². The molecule has 0 aliphatic carbocycles. The van der Waals surface area contributed by atoms with E-state index in [-0.39, 0.29) is 11.9 Å². The SMILES string of the molecule is COCCN(CC1CCCN1)C(C)C(=O)NCC(C)C. The van der Waals surface area contributed by atoms with Gasteiger partial charge in [-0.1, -0.05) is 13.8 Å². The molecule has 118 valence electrons. The van der Waals surface area contributed by atoms with E-state index in [0.29, 0.717) is 18.6 Å². The molecule has 5 nitrogen and oxygen atoms in total. The maximum atomic E-state index is 12.2. The lowest BCUT2D eigenvalue weighted by molar-refractivity contribution is -0.126. The monoisotopic (exact) mass is 285 g/mol. The van der Waals surface area contributed by atoms with E-state index in [9.17, 15) is 4.79 Å². The first-order chi connectivity index (χ1) is 9.54. The average Bonchev–Trinajstić information content (AvgIpc) is 2.92. The molecule has 20 heavy (non-hydrogen) atoms. The molecule has 2 N–H and O–H groups in total. The van der Waals surface area contributed by atoms with Crippen LogP contribution in [0.2, 0.25) is 0 Å². The molecule has 5 heteroatoms. The smallest absolute Gasteiger partial charge is 0.237 e. The number of rotatable bonds is 9. The summed E-state index contributed by atoms with van der Waals surface area (Å²) in [6.07, 6.45) is 2.43. The minimum Gasteiger partial charge on any atom is -0.383 e. The van der Waals surface area contributed by atoms with Crippen LogP contribution in [-0.2, 0) is 9.53 Å². The van der Waals surface area contributed by atoms with Crippen LogP contribution in [0.5, 0.6) is 0 Å². The van der Waals surface area contributed by atoms with Crippen molar-refractivity contribution in [3.8, 4) is 0 Å². The fourth-order valence-corrected chi connectivity index (χ4v) is 2.47. The van der Waals surface area contributed by atoms with Gasteiger partial charge < -0.3 is 15.4 Å². The van der Waals surface area contributed by atoms with Crippen molar-refractivity contribution in [2.75, 3.05) is 39.9 Å². The van der Waals surface area contributed by atoms with Gasteiger partial charge in [0.1, 0.15) is 0 Å². The molecular weight excluding hydrogens is 254 g/mol. The summed E-state index contributed by atoms with van der Waals surface area (Å²) in [6.45, 7) is 10.4. The van der Waals surface area contributed by atoms with Crippen LogP contribution in [0.25, 0.3) is 0 Å². The van der Waals surface area contributed by atoms with Crippen molar-refractivity contribution >= 4 is 5.91 Å². The number of nitrogens with one attached hydrogen (secondary N) is 2. The van der Waals surface area contributed by atoms with Gasteiger partial charge in [-0.05, 0) is 32.2 Å². The Hall–Kier alpha value is -0.650. The van der Waals surface area contributed by atoms with Crippen molar-refractivity contribution in [3.63, 3.8) is 0 Å². The van der Waals surface area contributed by atoms with E-state index in [4.69, 9.17) is 4.74 Å². The molecule has 0 aromatic rings. The summed E-state index contributed by atoms with van der Waals surface area (Å²) in [5.41, 5.74) is 0. The molecule has 1 fully saturated rings. The van der Waals surface area contributed by atoms with Crippen LogP contribution in [0.1, 0.15) is 33.6 Å². The van der Waals surface area contributed by atoms with Crippen LogP contribution in [0.15, 0.2) is 0 Å². The van der Waals surface area contributed by atoms with Crippen molar-refractivity contribution in [2.45, 2.75) is 45.7 Å². The first-order valence-corrected chi connectivity index (χ1v) is 7.78. The van der Waals surface area contributed by atoms with E-state index < -0.39 is 0 Å². The maximum absolute atomic E-state index is 12.2. The van der Waals surface area contributed by atoms with Gasteiger partial charge in [0.2, 0.25) is 5.91 Å². The standard InChI is InChI=1S/C15H31N3O2/c1-12(2)10-17-15(19)13(3)18(8-9-20-4)11-14-6-5-7-16-14/h12-14,16H,5-11H2,1-4H3,(H,17,19).